The summed E-state index contributed by atoms with van der Waals surface area (Å²) in [6, 6.07) is 19.6. The predicted molar refractivity (Wildman–Crippen MR) is 89.5 cm³/mol. The smallest absolute Gasteiger partial charge is 0.140 e. The van der Waals surface area contributed by atoms with Gasteiger partial charge in [-0.05, 0) is 11.1 Å². The molecule has 0 bridgehead atoms. The van der Waals surface area contributed by atoms with Gasteiger partial charge in [0.05, 0.1) is 0 Å². The molecule has 0 saturated heterocycles. The fraction of sp³-hybridized carbons (Fsp3) is 0.133. The van der Waals surface area contributed by atoms with Gasteiger partial charge in [-0.25, -0.2) is 0 Å². The van der Waals surface area contributed by atoms with Crippen LogP contribution in [-0.4, -0.2) is 3.94 Å². The number of benzene rings is 2. The Bertz CT molecular complexity index is 551. The Labute approximate surface area is 124 Å². The summed E-state index contributed by atoms with van der Waals surface area (Å²) in [7, 11) is -2.64. The normalized spacial score (nSPS) is 11.2. The Morgan fingerprint density at radius 2 is 1.26 bits per heavy atom. The molecular formula is C15H15OPS2. The van der Waals surface area contributed by atoms with Crippen LogP contribution in [0.1, 0.15) is 11.1 Å². The molecule has 0 saturated carbocycles. The SMILES string of the molecule is O=P(Cc1ccccc1)(Cc1ccccc1)C(=S)S. The first-order chi connectivity index (χ1) is 9.10. The van der Waals surface area contributed by atoms with Crippen LogP contribution in [0.2, 0.25) is 0 Å². The molecule has 2 aromatic rings. The zero-order valence-electron chi connectivity index (χ0n) is 10.4. The molecule has 1 nitrogen and oxygen atoms in total. The van der Waals surface area contributed by atoms with Gasteiger partial charge in [0.15, 0.2) is 0 Å². The highest BCUT2D eigenvalue weighted by atomic mass is 32.1. The van der Waals surface area contributed by atoms with Crippen molar-refractivity contribution in [3.05, 3.63) is 71.8 Å². The molecule has 0 aliphatic rings. The summed E-state index contributed by atoms with van der Waals surface area (Å²) in [5, 5.41) is 0. The number of thiocarbonyl (C=S) groups is 1. The average molecular weight is 306 g/mol. The summed E-state index contributed by atoms with van der Waals surface area (Å²) in [4.78, 5) is 0. The van der Waals surface area contributed by atoms with Crippen LogP contribution < -0.4 is 0 Å². The molecule has 2 aromatic carbocycles. The molecule has 0 atom stereocenters. The Morgan fingerprint density at radius 1 is 0.895 bits per heavy atom. The van der Waals surface area contributed by atoms with E-state index in [1.807, 2.05) is 60.7 Å². The van der Waals surface area contributed by atoms with E-state index in [2.05, 4.69) is 12.6 Å². The van der Waals surface area contributed by atoms with Gasteiger partial charge in [0.1, 0.15) is 11.1 Å². The van der Waals surface area contributed by atoms with E-state index >= 15 is 0 Å². The van der Waals surface area contributed by atoms with Crippen molar-refractivity contribution in [2.75, 3.05) is 0 Å². The van der Waals surface area contributed by atoms with Crippen LogP contribution in [0.5, 0.6) is 0 Å². The molecule has 0 aliphatic heterocycles. The van der Waals surface area contributed by atoms with Gasteiger partial charge in [0.2, 0.25) is 0 Å². The van der Waals surface area contributed by atoms with Gasteiger partial charge in [-0.15, -0.1) is 12.6 Å². The van der Waals surface area contributed by atoms with E-state index in [-0.39, 0.29) is 0 Å². The van der Waals surface area contributed by atoms with Crippen LogP contribution in [0, 0.1) is 0 Å². The molecule has 0 radical (unpaired) electrons. The quantitative estimate of drug-likeness (QED) is 0.477. The van der Waals surface area contributed by atoms with E-state index < -0.39 is 7.14 Å². The average Bonchev–Trinajstić information content (AvgIpc) is 2.40. The van der Waals surface area contributed by atoms with Crippen molar-refractivity contribution in [3.8, 4) is 0 Å². The zero-order chi connectivity index (χ0) is 13.7. The highest BCUT2D eigenvalue weighted by Gasteiger charge is 2.26. The van der Waals surface area contributed by atoms with E-state index in [9.17, 15) is 4.57 Å². The van der Waals surface area contributed by atoms with Crippen molar-refractivity contribution in [2.24, 2.45) is 0 Å². The Morgan fingerprint density at radius 3 is 1.58 bits per heavy atom. The lowest BCUT2D eigenvalue weighted by molar-refractivity contribution is 0.582. The number of thiol groups is 1. The molecule has 0 amide bonds. The first-order valence-corrected chi connectivity index (χ1v) is 8.93. The molecule has 19 heavy (non-hydrogen) atoms. The fourth-order valence-electron chi connectivity index (χ4n) is 1.95. The van der Waals surface area contributed by atoms with Crippen LogP contribution in [0.3, 0.4) is 0 Å². The maximum absolute atomic E-state index is 13.0. The monoisotopic (exact) mass is 306 g/mol. The third-order valence-electron chi connectivity index (χ3n) is 2.91. The first-order valence-electron chi connectivity index (χ1n) is 5.99. The molecule has 98 valence electrons. The van der Waals surface area contributed by atoms with Gasteiger partial charge in [0, 0.05) is 12.3 Å². The van der Waals surface area contributed by atoms with Gasteiger partial charge >= 0.3 is 0 Å². The van der Waals surface area contributed by atoms with E-state index in [1.54, 1.807) is 0 Å². The van der Waals surface area contributed by atoms with E-state index in [0.717, 1.165) is 11.1 Å². The lowest BCUT2D eigenvalue weighted by Crippen LogP contribution is -1.98. The number of hydrogen-bond acceptors (Lipinski definition) is 2. The summed E-state index contributed by atoms with van der Waals surface area (Å²) in [6.07, 6.45) is 0.954. The van der Waals surface area contributed by atoms with Crippen LogP contribution in [0.15, 0.2) is 60.7 Å². The van der Waals surface area contributed by atoms with Crippen LogP contribution >= 0.6 is 32.0 Å². The fourth-order valence-corrected chi connectivity index (χ4v) is 4.74. The summed E-state index contributed by atoms with van der Waals surface area (Å²) in [6.45, 7) is 0. The summed E-state index contributed by atoms with van der Waals surface area (Å²) in [5.74, 6) is 0. The highest BCUT2D eigenvalue weighted by Crippen LogP contribution is 2.54. The van der Waals surface area contributed by atoms with Crippen molar-refractivity contribution >= 4 is 35.9 Å². The third kappa shape index (κ3) is 4.04. The topological polar surface area (TPSA) is 17.1 Å². The minimum Gasteiger partial charge on any atom is -0.317 e. The molecule has 4 heteroatoms. The Kier molecular flexibility index (Phi) is 4.98. The Hall–Kier alpha value is -0.890. The molecule has 0 N–H and O–H groups in total. The second-order valence-electron chi connectivity index (χ2n) is 4.46. The molecule has 0 spiro atoms. The molecule has 0 unspecified atom stereocenters. The molecule has 0 fully saturated rings. The van der Waals surface area contributed by atoms with Crippen molar-refractivity contribution < 1.29 is 4.57 Å². The number of hydrogen-bond donors (Lipinski definition) is 1. The van der Waals surface area contributed by atoms with Crippen molar-refractivity contribution in [1.82, 2.24) is 0 Å². The molecule has 0 heterocycles. The molecular weight excluding hydrogens is 291 g/mol. The second kappa shape index (κ2) is 6.51. The summed E-state index contributed by atoms with van der Waals surface area (Å²) >= 11 is 9.34. The van der Waals surface area contributed by atoms with E-state index in [0.29, 0.717) is 16.3 Å². The Balaban J connectivity index is 2.24. The van der Waals surface area contributed by atoms with Gasteiger partial charge in [-0.1, -0.05) is 72.9 Å². The minimum atomic E-state index is -2.64. The summed E-state index contributed by atoms with van der Waals surface area (Å²) in [5.41, 5.74) is 2.08. The van der Waals surface area contributed by atoms with Crippen molar-refractivity contribution in [1.29, 1.82) is 0 Å². The van der Waals surface area contributed by atoms with Crippen molar-refractivity contribution in [3.63, 3.8) is 0 Å². The molecule has 0 aromatic heterocycles. The van der Waals surface area contributed by atoms with Gasteiger partial charge < -0.3 is 4.57 Å². The van der Waals surface area contributed by atoms with Crippen LogP contribution in [0.25, 0.3) is 0 Å². The highest BCUT2D eigenvalue weighted by molar-refractivity contribution is 8.28. The maximum Gasteiger partial charge on any atom is 0.140 e. The van der Waals surface area contributed by atoms with Crippen molar-refractivity contribution in [2.45, 2.75) is 12.3 Å². The zero-order valence-corrected chi connectivity index (χ0v) is 13.0. The second-order valence-corrected chi connectivity index (χ2v) is 9.13. The standard InChI is InChI=1S/C15H15OPS2/c16-17(15(18)19,11-13-7-3-1-4-8-13)12-14-9-5-2-6-10-14/h1-10H,11-12H2,(H,18,19). The third-order valence-corrected chi connectivity index (χ3v) is 7.45. The van der Waals surface area contributed by atoms with Gasteiger partial charge in [0.25, 0.3) is 0 Å². The van der Waals surface area contributed by atoms with Crippen LogP contribution in [0.4, 0.5) is 0 Å². The lowest BCUT2D eigenvalue weighted by atomic mass is 10.2. The maximum atomic E-state index is 13.0. The van der Waals surface area contributed by atoms with E-state index in [4.69, 9.17) is 12.2 Å². The first kappa shape index (κ1) is 14.5. The van der Waals surface area contributed by atoms with Gasteiger partial charge in [-0.2, -0.15) is 0 Å². The molecule has 0 aliphatic carbocycles. The largest absolute Gasteiger partial charge is 0.317 e. The molecule has 2 rings (SSSR count). The van der Waals surface area contributed by atoms with Gasteiger partial charge in [-0.3, -0.25) is 0 Å². The predicted octanol–water partition coefficient (Wildman–Crippen LogP) is 4.96. The minimum absolute atomic E-state index is 0.334. The lowest BCUT2D eigenvalue weighted by Gasteiger charge is -2.17. The number of rotatable bonds is 5. The van der Waals surface area contributed by atoms with Crippen LogP contribution in [-0.2, 0) is 16.9 Å². The summed E-state index contributed by atoms with van der Waals surface area (Å²) < 4.78 is 13.4. The van der Waals surface area contributed by atoms with E-state index in [1.165, 1.54) is 0 Å².